The summed E-state index contributed by atoms with van der Waals surface area (Å²) >= 11 is 0. The number of benzene rings is 2. The number of aromatic hydroxyl groups is 1. The first-order valence-electron chi connectivity index (χ1n) is 11.3. The van der Waals surface area contributed by atoms with Gasteiger partial charge in [0.15, 0.2) is 5.75 Å². The molecule has 2 aromatic carbocycles. The van der Waals surface area contributed by atoms with Gasteiger partial charge in [-0.25, -0.2) is 9.59 Å². The highest BCUT2D eigenvalue weighted by Crippen LogP contribution is 2.34. The van der Waals surface area contributed by atoms with Gasteiger partial charge in [0.1, 0.15) is 11.3 Å². The second-order valence-corrected chi connectivity index (χ2v) is 7.80. The van der Waals surface area contributed by atoms with E-state index >= 15 is 0 Å². The number of rotatable bonds is 12. The van der Waals surface area contributed by atoms with Gasteiger partial charge in [0.25, 0.3) is 0 Å². The first-order chi connectivity index (χ1) is 15.6. The fourth-order valence-corrected chi connectivity index (χ4v) is 3.49. The Labute approximate surface area is 187 Å². The normalized spacial score (nSPS) is 10.9. The van der Waals surface area contributed by atoms with Crippen molar-refractivity contribution in [1.82, 2.24) is 0 Å². The standard InChI is InChI=1S/C26H30O6/c1-2-3-4-5-6-7-8-12-17-30-20-15-16-21-22(18-20)31-26(29)23(27)24(21)32-25(28)19-13-10-9-11-14-19/h9-11,13-16,18,27H,2-8,12,17H2,1H3. The van der Waals surface area contributed by atoms with Crippen molar-refractivity contribution in [2.24, 2.45) is 0 Å². The Morgan fingerprint density at radius 2 is 1.62 bits per heavy atom. The second kappa shape index (κ2) is 11.9. The summed E-state index contributed by atoms with van der Waals surface area (Å²) in [6.07, 6.45) is 9.70. The maximum absolute atomic E-state index is 12.4. The van der Waals surface area contributed by atoms with Gasteiger partial charge in [0, 0.05) is 6.07 Å². The van der Waals surface area contributed by atoms with Crippen molar-refractivity contribution in [1.29, 1.82) is 0 Å². The molecule has 1 heterocycles. The van der Waals surface area contributed by atoms with Crippen LogP contribution in [0.25, 0.3) is 11.0 Å². The number of hydrogen-bond acceptors (Lipinski definition) is 6. The molecule has 0 saturated carbocycles. The van der Waals surface area contributed by atoms with E-state index in [0.717, 1.165) is 12.8 Å². The van der Waals surface area contributed by atoms with Gasteiger partial charge >= 0.3 is 11.6 Å². The van der Waals surface area contributed by atoms with Crippen LogP contribution in [0.3, 0.4) is 0 Å². The van der Waals surface area contributed by atoms with Crippen molar-refractivity contribution in [2.45, 2.75) is 58.3 Å². The third-order valence-electron chi connectivity index (χ3n) is 5.28. The fraction of sp³-hybridized carbons (Fsp3) is 0.385. The highest BCUT2D eigenvalue weighted by Gasteiger charge is 2.19. The predicted molar refractivity (Wildman–Crippen MR) is 124 cm³/mol. The Morgan fingerprint density at radius 1 is 0.938 bits per heavy atom. The van der Waals surface area contributed by atoms with Crippen LogP contribution >= 0.6 is 0 Å². The largest absolute Gasteiger partial charge is 0.499 e. The third kappa shape index (κ3) is 6.36. The van der Waals surface area contributed by atoms with Crippen LogP contribution in [0.4, 0.5) is 0 Å². The van der Waals surface area contributed by atoms with Crippen molar-refractivity contribution in [2.75, 3.05) is 6.61 Å². The number of esters is 1. The van der Waals surface area contributed by atoms with E-state index in [1.54, 1.807) is 48.5 Å². The van der Waals surface area contributed by atoms with Gasteiger partial charge in [0.2, 0.25) is 5.75 Å². The molecule has 0 aliphatic rings. The molecule has 1 N–H and O–H groups in total. The SMILES string of the molecule is CCCCCCCCCCOc1ccc2c(OC(=O)c3ccccc3)c(O)c(=O)oc2c1. The van der Waals surface area contributed by atoms with Crippen LogP contribution in [-0.2, 0) is 0 Å². The Bertz CT molecular complexity index is 1070. The van der Waals surface area contributed by atoms with Crippen LogP contribution in [0.2, 0.25) is 0 Å². The lowest BCUT2D eigenvalue weighted by Crippen LogP contribution is -2.11. The maximum atomic E-state index is 12.4. The number of ether oxygens (including phenoxy) is 2. The minimum Gasteiger partial charge on any atom is -0.499 e. The van der Waals surface area contributed by atoms with Gasteiger partial charge in [-0.15, -0.1) is 0 Å². The summed E-state index contributed by atoms with van der Waals surface area (Å²) in [7, 11) is 0. The third-order valence-corrected chi connectivity index (χ3v) is 5.28. The smallest absolute Gasteiger partial charge is 0.382 e. The van der Waals surface area contributed by atoms with Crippen LogP contribution in [0.15, 0.2) is 57.7 Å². The monoisotopic (exact) mass is 438 g/mol. The van der Waals surface area contributed by atoms with Crippen molar-refractivity contribution < 1.29 is 23.8 Å². The van der Waals surface area contributed by atoms with Crippen LogP contribution in [0.1, 0.15) is 68.6 Å². The summed E-state index contributed by atoms with van der Waals surface area (Å²) in [5, 5.41) is 10.4. The molecule has 3 rings (SSSR count). The van der Waals surface area contributed by atoms with Gasteiger partial charge < -0.3 is 19.0 Å². The molecule has 0 aliphatic carbocycles. The topological polar surface area (TPSA) is 86.0 Å². The van der Waals surface area contributed by atoms with Crippen LogP contribution < -0.4 is 15.1 Å². The summed E-state index contributed by atoms with van der Waals surface area (Å²) in [4.78, 5) is 24.5. The molecule has 0 atom stereocenters. The summed E-state index contributed by atoms with van der Waals surface area (Å²) in [5.74, 6) is -1.09. The highest BCUT2D eigenvalue weighted by molar-refractivity contribution is 5.95. The van der Waals surface area contributed by atoms with Crippen LogP contribution in [-0.4, -0.2) is 17.7 Å². The molecule has 0 aliphatic heterocycles. The zero-order valence-electron chi connectivity index (χ0n) is 18.5. The Morgan fingerprint density at radius 3 is 2.34 bits per heavy atom. The Kier molecular flexibility index (Phi) is 8.72. The van der Waals surface area contributed by atoms with E-state index in [9.17, 15) is 14.7 Å². The zero-order chi connectivity index (χ0) is 22.8. The van der Waals surface area contributed by atoms with E-state index in [2.05, 4.69) is 6.92 Å². The van der Waals surface area contributed by atoms with Gasteiger partial charge in [-0.2, -0.15) is 0 Å². The average Bonchev–Trinajstić information content (AvgIpc) is 2.81. The quantitative estimate of drug-likeness (QED) is 0.205. The Hall–Kier alpha value is -3.28. The van der Waals surface area contributed by atoms with E-state index in [0.29, 0.717) is 23.3 Å². The van der Waals surface area contributed by atoms with Crippen molar-refractivity contribution in [3.63, 3.8) is 0 Å². The molecule has 0 amide bonds. The molecule has 0 unspecified atom stereocenters. The number of hydrogen-bond donors (Lipinski definition) is 1. The molecule has 6 nitrogen and oxygen atoms in total. The second-order valence-electron chi connectivity index (χ2n) is 7.80. The molecule has 6 heteroatoms. The Balaban J connectivity index is 1.62. The molecule has 0 saturated heterocycles. The summed E-state index contributed by atoms with van der Waals surface area (Å²) in [6.45, 7) is 2.79. The van der Waals surface area contributed by atoms with E-state index in [-0.39, 0.29) is 11.3 Å². The minimum atomic E-state index is -0.978. The number of carbonyl (C=O) groups excluding carboxylic acids is 1. The first kappa shape index (κ1) is 23.4. The average molecular weight is 439 g/mol. The molecule has 170 valence electrons. The van der Waals surface area contributed by atoms with E-state index in [1.807, 2.05) is 0 Å². The molecule has 0 spiro atoms. The molecule has 3 aromatic rings. The highest BCUT2D eigenvalue weighted by atomic mass is 16.5. The number of unbranched alkanes of at least 4 members (excludes halogenated alkanes) is 7. The number of carbonyl (C=O) groups is 1. The molecular weight excluding hydrogens is 408 g/mol. The summed E-state index contributed by atoms with van der Waals surface area (Å²) in [6, 6.07) is 13.2. The van der Waals surface area contributed by atoms with Gasteiger partial charge in [0.05, 0.1) is 17.6 Å². The van der Waals surface area contributed by atoms with Gasteiger partial charge in [-0.3, -0.25) is 0 Å². The van der Waals surface area contributed by atoms with Crippen molar-refractivity contribution in [3.05, 3.63) is 64.5 Å². The minimum absolute atomic E-state index is 0.178. The van der Waals surface area contributed by atoms with Gasteiger partial charge in [-0.1, -0.05) is 70.1 Å². The van der Waals surface area contributed by atoms with E-state index < -0.39 is 17.3 Å². The van der Waals surface area contributed by atoms with E-state index in [1.165, 1.54) is 38.5 Å². The number of fused-ring (bicyclic) bond motifs is 1. The lowest BCUT2D eigenvalue weighted by Gasteiger charge is -2.10. The van der Waals surface area contributed by atoms with Crippen molar-refractivity contribution >= 4 is 16.9 Å². The fourth-order valence-electron chi connectivity index (χ4n) is 3.49. The van der Waals surface area contributed by atoms with Crippen LogP contribution in [0.5, 0.6) is 17.2 Å². The first-order valence-corrected chi connectivity index (χ1v) is 11.3. The lowest BCUT2D eigenvalue weighted by atomic mass is 10.1. The molecule has 1 aromatic heterocycles. The van der Waals surface area contributed by atoms with Gasteiger partial charge in [-0.05, 0) is 30.7 Å². The van der Waals surface area contributed by atoms with E-state index in [4.69, 9.17) is 13.9 Å². The lowest BCUT2D eigenvalue weighted by molar-refractivity contribution is 0.0731. The molecule has 32 heavy (non-hydrogen) atoms. The maximum Gasteiger partial charge on any atom is 0.382 e. The zero-order valence-corrected chi connectivity index (χ0v) is 18.5. The molecular formula is C26H30O6. The molecule has 0 bridgehead atoms. The molecule has 0 fully saturated rings. The summed E-state index contributed by atoms with van der Waals surface area (Å²) < 4.78 is 16.3. The predicted octanol–water partition coefficient (Wildman–Crippen LogP) is 6.24. The van der Waals surface area contributed by atoms with Crippen LogP contribution in [0, 0.1) is 0 Å². The summed E-state index contributed by atoms with van der Waals surface area (Å²) in [5.41, 5.74) is -0.496. The van der Waals surface area contributed by atoms with Crippen molar-refractivity contribution in [3.8, 4) is 17.2 Å². The molecule has 0 radical (unpaired) electrons.